The first-order valence-electron chi connectivity index (χ1n) is 17.3. The number of carbonyl (C=O) groups excluding carboxylic acids is 2. The molecule has 1 amide bonds. The third-order valence-corrected chi connectivity index (χ3v) is 16.5. The summed E-state index contributed by atoms with van der Waals surface area (Å²) in [6, 6.07) is 6.79. The summed E-state index contributed by atoms with van der Waals surface area (Å²) in [5.41, 5.74) is -2.05. The van der Waals surface area contributed by atoms with Crippen molar-refractivity contribution in [3.63, 3.8) is 0 Å². The minimum atomic E-state index is -4.83. The Hall–Kier alpha value is -2.08. The molecular formula is C35H50Cl2F3N3O4Si. The monoisotopic (exact) mass is 731 g/mol. The number of carbonyl (C=O) groups is 2. The first-order valence-corrected chi connectivity index (χ1v) is 20.6. The maximum absolute atomic E-state index is 14.8. The summed E-state index contributed by atoms with van der Waals surface area (Å²) in [5, 5.41) is 8.07. The number of alkyl halides is 3. The number of ether oxygens (including phenoxy) is 1. The normalized spacial score (nSPS) is 22.4. The van der Waals surface area contributed by atoms with Gasteiger partial charge in [-0.3, -0.25) is 14.3 Å². The van der Waals surface area contributed by atoms with Gasteiger partial charge >= 0.3 is 12.1 Å². The van der Waals surface area contributed by atoms with Crippen LogP contribution in [0.1, 0.15) is 127 Å². The van der Waals surface area contributed by atoms with Gasteiger partial charge < -0.3 is 14.5 Å². The molecule has 268 valence electrons. The van der Waals surface area contributed by atoms with Crippen molar-refractivity contribution in [2.45, 2.75) is 135 Å². The average molecular weight is 733 g/mol. The number of amides is 1. The predicted octanol–water partition coefficient (Wildman–Crippen LogP) is 10.3. The maximum Gasteiger partial charge on any atom is 0.433 e. The van der Waals surface area contributed by atoms with Gasteiger partial charge in [0.05, 0.1) is 35.9 Å². The highest BCUT2D eigenvalue weighted by atomic mass is 35.5. The molecule has 1 aromatic carbocycles. The molecule has 2 aliphatic carbocycles. The topological polar surface area (TPSA) is 82.5 Å². The maximum atomic E-state index is 14.8. The zero-order valence-corrected chi connectivity index (χ0v) is 31.5. The molecule has 0 radical (unpaired) electrons. The first kappa shape index (κ1) is 38.7. The minimum absolute atomic E-state index is 0.241. The standard InChI is InChI=1S/C35H50Cl2F3N3O4Si/c1-7-46-32(45)34(6)19-15-23(16-20-34)43-30(35(38,39)40)24(22-41-43)31(44)42-28(33(5)17-12-18-33)21-27(47-48(8-2,9-3)10-4)29-25(36)13-11-14-26(29)37/h11,13-14,22-23,27-28H,7-10,12,15-21H2,1-6H3,(H,42,44). The Morgan fingerprint density at radius 1 is 1.04 bits per heavy atom. The van der Waals surface area contributed by atoms with Crippen molar-refractivity contribution < 1.29 is 31.9 Å². The fourth-order valence-corrected chi connectivity index (χ4v) is 10.9. The molecule has 48 heavy (non-hydrogen) atoms. The second kappa shape index (κ2) is 15.4. The Bertz CT molecular complexity index is 1410. The van der Waals surface area contributed by atoms with Crippen LogP contribution in [0.3, 0.4) is 0 Å². The lowest BCUT2D eigenvalue weighted by atomic mass is 9.64. The van der Waals surface area contributed by atoms with E-state index in [0.717, 1.165) is 48.3 Å². The fourth-order valence-electron chi connectivity index (χ4n) is 7.48. The van der Waals surface area contributed by atoms with Crippen LogP contribution in [0.15, 0.2) is 24.4 Å². The van der Waals surface area contributed by atoms with Gasteiger partial charge in [-0.15, -0.1) is 0 Å². The van der Waals surface area contributed by atoms with Crippen LogP contribution >= 0.6 is 23.2 Å². The molecule has 0 bridgehead atoms. The molecule has 1 heterocycles. The summed E-state index contributed by atoms with van der Waals surface area (Å²) in [4.78, 5) is 26.5. The molecule has 1 N–H and O–H groups in total. The Labute approximate surface area is 293 Å². The molecule has 2 aromatic rings. The zero-order valence-electron chi connectivity index (χ0n) is 28.9. The lowest BCUT2D eigenvalue weighted by molar-refractivity contribution is -0.157. The SMILES string of the molecule is CCOC(=O)C1(C)CCC(n2ncc(C(=O)NC(CC(O[Si](CC)(CC)CC)c3c(Cl)cccc3Cl)C3(C)CCC3)c2C(F)(F)F)CC1. The Morgan fingerprint density at radius 2 is 1.62 bits per heavy atom. The lowest BCUT2D eigenvalue weighted by Gasteiger charge is -2.47. The van der Waals surface area contributed by atoms with Crippen molar-refractivity contribution in [1.82, 2.24) is 15.1 Å². The Morgan fingerprint density at radius 3 is 2.10 bits per heavy atom. The van der Waals surface area contributed by atoms with Crippen molar-refractivity contribution in [3.05, 3.63) is 51.3 Å². The number of nitrogens with zero attached hydrogens (tertiary/aromatic N) is 2. The van der Waals surface area contributed by atoms with Crippen LogP contribution in [-0.2, 0) is 20.1 Å². The van der Waals surface area contributed by atoms with E-state index >= 15 is 0 Å². The van der Waals surface area contributed by atoms with Crippen LogP contribution in [0.25, 0.3) is 0 Å². The van der Waals surface area contributed by atoms with Crippen molar-refractivity contribution in [2.24, 2.45) is 10.8 Å². The van der Waals surface area contributed by atoms with Gasteiger partial charge in [-0.2, -0.15) is 18.3 Å². The number of hydrogen-bond acceptors (Lipinski definition) is 5. The van der Waals surface area contributed by atoms with E-state index in [1.807, 2.05) is 0 Å². The highest BCUT2D eigenvalue weighted by molar-refractivity contribution is 6.73. The lowest BCUT2D eigenvalue weighted by Crippen LogP contribution is -2.51. The number of halogens is 5. The molecule has 2 unspecified atom stereocenters. The third kappa shape index (κ3) is 8.10. The molecule has 0 aliphatic heterocycles. The largest absolute Gasteiger partial charge is 0.466 e. The van der Waals surface area contributed by atoms with E-state index in [1.54, 1.807) is 32.0 Å². The quantitative estimate of drug-likeness (QED) is 0.154. The van der Waals surface area contributed by atoms with E-state index in [0.29, 0.717) is 47.7 Å². The van der Waals surface area contributed by atoms with E-state index < -0.39 is 55.3 Å². The number of nitrogens with one attached hydrogen (secondary N) is 1. The van der Waals surface area contributed by atoms with Gasteiger partial charge in [0.1, 0.15) is 0 Å². The van der Waals surface area contributed by atoms with Crippen LogP contribution in [0.2, 0.25) is 28.2 Å². The molecule has 7 nitrogen and oxygen atoms in total. The van der Waals surface area contributed by atoms with Crippen LogP contribution in [0.4, 0.5) is 13.2 Å². The summed E-state index contributed by atoms with van der Waals surface area (Å²) in [5.74, 6) is -1.17. The van der Waals surface area contributed by atoms with Gasteiger partial charge in [0, 0.05) is 21.7 Å². The van der Waals surface area contributed by atoms with E-state index in [9.17, 15) is 22.8 Å². The van der Waals surface area contributed by atoms with Crippen molar-refractivity contribution in [2.75, 3.05) is 6.61 Å². The Balaban J connectivity index is 1.66. The zero-order chi connectivity index (χ0) is 35.5. The molecule has 2 atom stereocenters. The van der Waals surface area contributed by atoms with Crippen molar-refractivity contribution in [1.29, 1.82) is 0 Å². The molecule has 13 heteroatoms. The van der Waals surface area contributed by atoms with Gasteiger partial charge in [0.15, 0.2) is 14.0 Å². The molecule has 2 saturated carbocycles. The van der Waals surface area contributed by atoms with E-state index in [2.05, 4.69) is 38.1 Å². The first-order chi connectivity index (χ1) is 22.6. The van der Waals surface area contributed by atoms with Crippen molar-refractivity contribution >= 4 is 43.4 Å². The summed E-state index contributed by atoms with van der Waals surface area (Å²) < 4.78 is 57.4. The van der Waals surface area contributed by atoms with Gasteiger partial charge in [-0.25, -0.2) is 0 Å². The molecule has 1 aromatic heterocycles. The second-order valence-corrected chi connectivity index (χ2v) is 19.7. The second-order valence-electron chi connectivity index (χ2n) is 14.1. The summed E-state index contributed by atoms with van der Waals surface area (Å²) in [6.45, 7) is 12.2. The number of benzene rings is 1. The summed E-state index contributed by atoms with van der Waals surface area (Å²) >= 11 is 13.5. The molecular weight excluding hydrogens is 682 g/mol. The summed E-state index contributed by atoms with van der Waals surface area (Å²) in [6.07, 6.45) is -0.139. The predicted molar refractivity (Wildman–Crippen MR) is 185 cm³/mol. The minimum Gasteiger partial charge on any atom is -0.466 e. The van der Waals surface area contributed by atoms with Gasteiger partial charge in [0.25, 0.3) is 5.91 Å². The van der Waals surface area contributed by atoms with Gasteiger partial charge in [-0.1, -0.05) is 63.4 Å². The van der Waals surface area contributed by atoms with Crippen LogP contribution in [-0.4, -0.2) is 42.6 Å². The molecule has 0 spiro atoms. The fraction of sp³-hybridized carbons (Fsp3) is 0.686. The third-order valence-electron chi connectivity index (χ3n) is 11.2. The van der Waals surface area contributed by atoms with Crippen LogP contribution in [0.5, 0.6) is 0 Å². The average Bonchev–Trinajstić information content (AvgIpc) is 3.49. The van der Waals surface area contributed by atoms with Gasteiger partial charge in [0.2, 0.25) is 0 Å². The molecule has 4 rings (SSSR count). The molecule has 0 saturated heterocycles. The molecule has 2 fully saturated rings. The van der Waals surface area contributed by atoms with E-state index in [1.165, 1.54) is 0 Å². The number of esters is 1. The van der Waals surface area contributed by atoms with Crippen LogP contribution < -0.4 is 5.32 Å². The van der Waals surface area contributed by atoms with Crippen molar-refractivity contribution in [3.8, 4) is 0 Å². The highest BCUT2D eigenvalue weighted by Gasteiger charge is 2.47. The van der Waals surface area contributed by atoms with E-state index in [-0.39, 0.29) is 18.0 Å². The smallest absolute Gasteiger partial charge is 0.433 e. The number of rotatable bonds is 14. The highest BCUT2D eigenvalue weighted by Crippen LogP contribution is 2.49. The Kier molecular flexibility index (Phi) is 12.4. The number of aromatic nitrogens is 2. The molecule has 2 aliphatic rings. The van der Waals surface area contributed by atoms with E-state index in [4.69, 9.17) is 32.4 Å². The number of hydrogen-bond donors (Lipinski definition) is 1. The van der Waals surface area contributed by atoms with Gasteiger partial charge in [-0.05, 0) is 94.5 Å². The van der Waals surface area contributed by atoms with Crippen LogP contribution in [0, 0.1) is 10.8 Å². The summed E-state index contributed by atoms with van der Waals surface area (Å²) in [7, 11) is -2.22.